The summed E-state index contributed by atoms with van der Waals surface area (Å²) < 4.78 is 5.94. The molecule has 2 aliphatic heterocycles. The van der Waals surface area contributed by atoms with E-state index in [-0.39, 0.29) is 41.4 Å². The van der Waals surface area contributed by atoms with Crippen molar-refractivity contribution in [3.8, 4) is 17.2 Å². The molecule has 3 aliphatic rings. The lowest BCUT2D eigenvalue weighted by molar-refractivity contribution is 0.0743. The molecule has 8 heteroatoms. The number of aromatic hydroxyl groups is 2. The number of hydrogen-bond donors (Lipinski definition) is 4. The molecule has 41 heavy (non-hydrogen) atoms. The van der Waals surface area contributed by atoms with Crippen LogP contribution >= 0.6 is 0 Å². The van der Waals surface area contributed by atoms with Gasteiger partial charge in [-0.05, 0) is 35.6 Å². The van der Waals surface area contributed by atoms with Gasteiger partial charge in [0.05, 0.1) is 6.04 Å². The van der Waals surface area contributed by atoms with Gasteiger partial charge in [-0.2, -0.15) is 0 Å². The zero-order valence-electron chi connectivity index (χ0n) is 23.5. The summed E-state index contributed by atoms with van der Waals surface area (Å²) in [5, 5.41) is 28.3. The fourth-order valence-electron chi connectivity index (χ4n) is 6.52. The first kappa shape index (κ1) is 27.4. The molecule has 0 aromatic heterocycles. The van der Waals surface area contributed by atoms with Crippen molar-refractivity contribution in [2.24, 2.45) is 0 Å². The van der Waals surface area contributed by atoms with Crippen LogP contribution in [0.15, 0.2) is 60.7 Å². The topological polar surface area (TPSA) is 97.3 Å². The molecule has 0 radical (unpaired) electrons. The normalized spacial score (nSPS) is 19.9. The van der Waals surface area contributed by atoms with E-state index in [4.69, 9.17) is 4.74 Å². The van der Waals surface area contributed by atoms with Crippen LogP contribution in [0.5, 0.6) is 17.2 Å². The molecule has 0 spiro atoms. The molecule has 1 aliphatic carbocycles. The molecule has 1 unspecified atom stereocenters. The summed E-state index contributed by atoms with van der Waals surface area (Å²) >= 11 is 0. The van der Waals surface area contributed by atoms with Crippen molar-refractivity contribution in [1.82, 2.24) is 15.1 Å². The van der Waals surface area contributed by atoms with Gasteiger partial charge in [-0.25, -0.2) is 0 Å². The number of carbonyl (C=O) groups excluding carboxylic acids is 1. The molecule has 3 aromatic rings. The summed E-state index contributed by atoms with van der Waals surface area (Å²) in [6, 6.07) is 19.3. The van der Waals surface area contributed by atoms with E-state index in [2.05, 4.69) is 27.7 Å². The van der Waals surface area contributed by atoms with Crippen molar-refractivity contribution in [1.29, 1.82) is 0 Å². The van der Waals surface area contributed by atoms with Crippen molar-refractivity contribution < 1.29 is 19.7 Å². The van der Waals surface area contributed by atoms with Gasteiger partial charge in [0, 0.05) is 56.7 Å². The average molecular weight is 557 g/mol. The van der Waals surface area contributed by atoms with Gasteiger partial charge >= 0.3 is 0 Å². The van der Waals surface area contributed by atoms with Gasteiger partial charge < -0.3 is 30.5 Å². The highest BCUT2D eigenvalue weighted by Gasteiger charge is 2.32. The summed E-state index contributed by atoms with van der Waals surface area (Å²) in [6.07, 6.45) is 7.93. The third-order valence-electron chi connectivity index (χ3n) is 8.65. The first-order chi connectivity index (χ1) is 20.0. The average Bonchev–Trinajstić information content (AvgIpc) is 3.24. The maximum atomic E-state index is 13.8. The summed E-state index contributed by atoms with van der Waals surface area (Å²) in [4.78, 5) is 18.1. The van der Waals surface area contributed by atoms with Gasteiger partial charge in [-0.3, -0.25) is 9.69 Å². The van der Waals surface area contributed by atoms with E-state index in [9.17, 15) is 15.0 Å². The van der Waals surface area contributed by atoms with Crippen LogP contribution in [0.25, 0.3) is 0 Å². The number of benzene rings is 3. The monoisotopic (exact) mass is 556 g/mol. The van der Waals surface area contributed by atoms with E-state index in [0.717, 1.165) is 42.1 Å². The lowest BCUT2D eigenvalue weighted by Gasteiger charge is -2.39. The van der Waals surface area contributed by atoms with Gasteiger partial charge in [-0.1, -0.05) is 68.1 Å². The van der Waals surface area contributed by atoms with Crippen molar-refractivity contribution in [3.63, 3.8) is 0 Å². The second-order valence-corrected chi connectivity index (χ2v) is 11.6. The predicted molar refractivity (Wildman–Crippen MR) is 159 cm³/mol. The van der Waals surface area contributed by atoms with E-state index in [1.54, 1.807) is 4.90 Å². The van der Waals surface area contributed by atoms with Crippen LogP contribution in [0, 0.1) is 0 Å². The van der Waals surface area contributed by atoms with Crippen molar-refractivity contribution in [2.45, 2.75) is 70.3 Å². The highest BCUT2D eigenvalue weighted by molar-refractivity contribution is 6.00. The Morgan fingerprint density at radius 3 is 2.59 bits per heavy atom. The molecule has 8 nitrogen and oxygen atoms in total. The first-order valence-electron chi connectivity index (χ1n) is 14.9. The summed E-state index contributed by atoms with van der Waals surface area (Å²) in [5.74, 6) is -0.610. The van der Waals surface area contributed by atoms with E-state index in [0.29, 0.717) is 19.1 Å². The highest BCUT2D eigenvalue weighted by Crippen LogP contribution is 2.37. The molecule has 1 atom stereocenters. The molecule has 3 aromatic carbocycles. The molecule has 1 saturated carbocycles. The standard InChI is InChI=1S/C33H40N4O4/c38-27-15-30(39)32(31(16-27)41-21-23-9-4-3-5-10-23)33(40)36-18-24-11-8-14-29(28(24)20-36)35-25-17-34-22-37(19-25)26-12-6-1-2-7-13-26/h3-5,8-11,14-16,25-26,34-35,38-39H,1-2,6-7,12-13,17-22H2. The fourth-order valence-corrected chi connectivity index (χ4v) is 6.52. The summed E-state index contributed by atoms with van der Waals surface area (Å²) in [5.41, 5.74) is 4.25. The second kappa shape index (κ2) is 12.4. The van der Waals surface area contributed by atoms with Crippen LogP contribution in [0.1, 0.15) is 65.6 Å². The smallest absolute Gasteiger partial charge is 0.262 e. The lowest BCUT2D eigenvalue weighted by Crippen LogP contribution is -2.55. The van der Waals surface area contributed by atoms with Gasteiger partial charge in [0.25, 0.3) is 5.91 Å². The number of anilines is 1. The molecule has 0 bridgehead atoms. The number of nitrogens with one attached hydrogen (secondary N) is 2. The van der Waals surface area contributed by atoms with Gasteiger partial charge in [-0.15, -0.1) is 0 Å². The molecule has 6 rings (SSSR count). The number of ether oxygens (including phenoxy) is 1. The quantitative estimate of drug-likeness (QED) is 0.297. The van der Waals surface area contributed by atoms with Crippen LogP contribution in [0.2, 0.25) is 0 Å². The van der Waals surface area contributed by atoms with Gasteiger partial charge in [0.1, 0.15) is 29.4 Å². The lowest BCUT2D eigenvalue weighted by atomic mass is 10.0. The number of phenols is 2. The minimum Gasteiger partial charge on any atom is -0.508 e. The molecular formula is C33H40N4O4. The van der Waals surface area contributed by atoms with E-state index >= 15 is 0 Å². The Kier molecular flexibility index (Phi) is 8.30. The number of hydrogen-bond acceptors (Lipinski definition) is 7. The van der Waals surface area contributed by atoms with E-state index in [1.807, 2.05) is 36.4 Å². The number of amides is 1. The van der Waals surface area contributed by atoms with Crippen LogP contribution in [0.4, 0.5) is 5.69 Å². The van der Waals surface area contributed by atoms with Gasteiger partial charge in [0.15, 0.2) is 0 Å². The second-order valence-electron chi connectivity index (χ2n) is 11.6. The zero-order chi connectivity index (χ0) is 28.2. The van der Waals surface area contributed by atoms with E-state index < -0.39 is 0 Å². The third-order valence-corrected chi connectivity index (χ3v) is 8.65. The number of nitrogens with zero attached hydrogens (tertiary/aromatic N) is 2. The SMILES string of the molecule is O=C(c1c(O)cc(O)cc1OCc1ccccc1)N1Cc2cccc(NC3CNCN(C4CCCCCC4)C3)c2C1. The minimum absolute atomic E-state index is 0.0663. The van der Waals surface area contributed by atoms with Crippen molar-refractivity contribution in [2.75, 3.05) is 25.1 Å². The Morgan fingerprint density at radius 1 is 0.976 bits per heavy atom. The molecule has 4 N–H and O–H groups in total. The number of phenolic OH excluding ortho intramolecular Hbond substituents is 2. The van der Waals surface area contributed by atoms with Crippen molar-refractivity contribution >= 4 is 11.6 Å². The Balaban J connectivity index is 1.16. The number of fused-ring (bicyclic) bond motifs is 1. The fraction of sp³-hybridized carbons (Fsp3) is 0.424. The minimum atomic E-state index is -0.327. The summed E-state index contributed by atoms with van der Waals surface area (Å²) in [7, 11) is 0. The van der Waals surface area contributed by atoms with E-state index in [1.165, 1.54) is 50.7 Å². The Morgan fingerprint density at radius 2 is 1.78 bits per heavy atom. The van der Waals surface area contributed by atoms with Crippen LogP contribution in [-0.4, -0.2) is 57.8 Å². The Labute approximate surface area is 241 Å². The van der Waals surface area contributed by atoms with Crippen LogP contribution in [-0.2, 0) is 19.7 Å². The molecule has 216 valence electrons. The Hall–Kier alpha value is -3.75. The number of carbonyl (C=O) groups is 1. The molecule has 2 heterocycles. The van der Waals surface area contributed by atoms with Crippen LogP contribution in [0.3, 0.4) is 0 Å². The molecule has 2 fully saturated rings. The number of rotatable bonds is 7. The zero-order valence-corrected chi connectivity index (χ0v) is 23.5. The first-order valence-corrected chi connectivity index (χ1v) is 14.9. The summed E-state index contributed by atoms with van der Waals surface area (Å²) in [6.45, 7) is 3.95. The Bertz CT molecular complexity index is 1360. The largest absolute Gasteiger partial charge is 0.508 e. The molecular weight excluding hydrogens is 516 g/mol. The third kappa shape index (κ3) is 6.29. The van der Waals surface area contributed by atoms with Crippen molar-refractivity contribution in [3.05, 3.63) is 82.9 Å². The maximum Gasteiger partial charge on any atom is 0.262 e. The highest BCUT2D eigenvalue weighted by atomic mass is 16.5. The predicted octanol–water partition coefficient (Wildman–Crippen LogP) is 5.20. The molecule has 1 saturated heterocycles. The maximum absolute atomic E-state index is 13.8. The molecule has 1 amide bonds. The van der Waals surface area contributed by atoms with Crippen LogP contribution < -0.4 is 15.4 Å². The van der Waals surface area contributed by atoms with Gasteiger partial charge in [0.2, 0.25) is 0 Å².